The number of nitrogens with one attached hydrogen (secondary N) is 1. The quantitative estimate of drug-likeness (QED) is 0.318. The number of fused-ring (bicyclic) bond motifs is 1. The van der Waals surface area contributed by atoms with Crippen LogP contribution in [0.2, 0.25) is 5.15 Å². The molecule has 1 atom stereocenters. The molecule has 1 aliphatic heterocycles. The highest BCUT2D eigenvalue weighted by atomic mass is 35.5. The first-order chi connectivity index (χ1) is 18.6. The number of hydrogen-bond donors (Lipinski definition) is 2. The van der Waals surface area contributed by atoms with E-state index in [1.165, 1.54) is 18.2 Å². The molecule has 2 N–H and O–H groups in total. The summed E-state index contributed by atoms with van der Waals surface area (Å²) in [4.78, 5) is 33.6. The molecule has 39 heavy (non-hydrogen) atoms. The Balaban J connectivity index is 1.49. The van der Waals surface area contributed by atoms with Crippen LogP contribution in [-0.2, 0) is 7.05 Å². The van der Waals surface area contributed by atoms with Gasteiger partial charge in [-0.2, -0.15) is 0 Å². The monoisotopic (exact) mass is 549 g/mol. The minimum Gasteiger partial charge on any atom is -0.476 e. The third-order valence-corrected chi connectivity index (χ3v) is 7.42. The number of nitrogens with zero attached hydrogens (tertiary/aromatic N) is 4. The van der Waals surface area contributed by atoms with E-state index in [1.807, 2.05) is 32.0 Å². The van der Waals surface area contributed by atoms with Crippen molar-refractivity contribution in [1.29, 1.82) is 0 Å². The molecular formula is C29H29ClFN5O3. The van der Waals surface area contributed by atoms with Gasteiger partial charge < -0.3 is 20.2 Å². The van der Waals surface area contributed by atoms with Crippen molar-refractivity contribution >= 4 is 45.5 Å². The fraction of sp³-hybridized carbons (Fsp3) is 0.276. The molecule has 5 rings (SSSR count). The number of benzene rings is 2. The summed E-state index contributed by atoms with van der Waals surface area (Å²) < 4.78 is 15.0. The summed E-state index contributed by atoms with van der Waals surface area (Å²) in [6.07, 6.45) is 0. The Morgan fingerprint density at radius 3 is 2.36 bits per heavy atom. The Kier molecular flexibility index (Phi) is 7.18. The van der Waals surface area contributed by atoms with Crippen molar-refractivity contribution in [3.8, 4) is 0 Å². The first kappa shape index (κ1) is 26.5. The Morgan fingerprint density at radius 1 is 1.03 bits per heavy atom. The van der Waals surface area contributed by atoms with Crippen LogP contribution in [0.3, 0.4) is 0 Å². The standard InChI is InChI=1S/C29H29ClFN5O3/c1-17-14-21(18(2)32-24-8-9-25(30)33-27(24)29(38)39)22-16-26(34(3)28(37)23(22)15-17)36-12-10-35(11-13-36)20-6-4-19(31)5-7-20/h4-9,14-16,18,32H,10-13H2,1-3H3,(H,38,39)/t18-/m1/s1. The summed E-state index contributed by atoms with van der Waals surface area (Å²) in [5.41, 5.74) is 2.85. The normalized spacial score (nSPS) is 14.5. The number of pyridine rings is 2. The molecular weight excluding hydrogens is 521 g/mol. The molecule has 0 spiro atoms. The molecule has 2 aromatic heterocycles. The van der Waals surface area contributed by atoms with Crippen molar-refractivity contribution in [3.05, 3.63) is 92.7 Å². The summed E-state index contributed by atoms with van der Waals surface area (Å²) >= 11 is 5.92. The van der Waals surface area contributed by atoms with Gasteiger partial charge in [0.25, 0.3) is 5.56 Å². The fourth-order valence-corrected chi connectivity index (χ4v) is 5.35. The van der Waals surface area contributed by atoms with E-state index in [-0.39, 0.29) is 28.3 Å². The van der Waals surface area contributed by atoms with Gasteiger partial charge in [-0.3, -0.25) is 9.36 Å². The molecule has 0 unspecified atom stereocenters. The highest BCUT2D eigenvalue weighted by Crippen LogP contribution is 2.31. The van der Waals surface area contributed by atoms with E-state index >= 15 is 0 Å². The zero-order valence-corrected chi connectivity index (χ0v) is 22.7. The van der Waals surface area contributed by atoms with Gasteiger partial charge >= 0.3 is 5.97 Å². The first-order valence-electron chi connectivity index (χ1n) is 12.7. The van der Waals surface area contributed by atoms with Gasteiger partial charge in [-0.05, 0) is 78.9 Å². The van der Waals surface area contributed by atoms with E-state index in [0.29, 0.717) is 24.2 Å². The van der Waals surface area contributed by atoms with Gasteiger partial charge in [0.2, 0.25) is 0 Å². The summed E-state index contributed by atoms with van der Waals surface area (Å²) in [7, 11) is 1.78. The topological polar surface area (TPSA) is 90.7 Å². The number of carbonyl (C=O) groups is 1. The van der Waals surface area contributed by atoms with Gasteiger partial charge in [0.1, 0.15) is 16.8 Å². The van der Waals surface area contributed by atoms with E-state index in [0.717, 1.165) is 41.1 Å². The number of hydrogen-bond acceptors (Lipinski definition) is 6. The highest BCUT2D eigenvalue weighted by Gasteiger charge is 2.23. The lowest BCUT2D eigenvalue weighted by Crippen LogP contribution is -2.48. The molecule has 202 valence electrons. The Labute approximate surface area is 230 Å². The second-order valence-corrected chi connectivity index (χ2v) is 10.2. The number of rotatable bonds is 6. The number of carboxylic acid groups (broad SMARTS) is 1. The first-order valence-corrected chi connectivity index (χ1v) is 13.1. The lowest BCUT2D eigenvalue weighted by molar-refractivity contribution is 0.0691. The molecule has 1 fully saturated rings. The van der Waals surface area contributed by atoms with Gasteiger partial charge in [0.05, 0.1) is 5.69 Å². The molecule has 8 nitrogen and oxygen atoms in total. The largest absolute Gasteiger partial charge is 0.476 e. The molecule has 1 saturated heterocycles. The molecule has 4 aromatic rings. The van der Waals surface area contributed by atoms with Crippen LogP contribution < -0.4 is 20.7 Å². The van der Waals surface area contributed by atoms with Crippen molar-refractivity contribution in [2.75, 3.05) is 41.3 Å². The minimum absolute atomic E-state index is 0.0965. The number of halogens is 2. The molecule has 0 bridgehead atoms. The van der Waals surface area contributed by atoms with Gasteiger partial charge in [-0.15, -0.1) is 0 Å². The zero-order chi connectivity index (χ0) is 27.8. The lowest BCUT2D eigenvalue weighted by Gasteiger charge is -2.38. The molecule has 2 aromatic carbocycles. The molecule has 0 amide bonds. The number of piperazine rings is 1. The molecule has 10 heteroatoms. The van der Waals surface area contributed by atoms with Crippen molar-refractivity contribution < 1.29 is 14.3 Å². The van der Waals surface area contributed by atoms with Crippen LogP contribution in [0.5, 0.6) is 0 Å². The predicted molar refractivity (Wildman–Crippen MR) is 153 cm³/mol. The van der Waals surface area contributed by atoms with Crippen molar-refractivity contribution in [3.63, 3.8) is 0 Å². The zero-order valence-electron chi connectivity index (χ0n) is 21.9. The maximum absolute atomic E-state index is 13.5. The number of aryl methyl sites for hydroxylation is 1. The predicted octanol–water partition coefficient (Wildman–Crippen LogP) is 5.23. The van der Waals surface area contributed by atoms with Crippen molar-refractivity contribution in [2.45, 2.75) is 19.9 Å². The minimum atomic E-state index is -1.18. The number of carboxylic acids is 1. The van der Waals surface area contributed by atoms with Crippen LogP contribution in [0, 0.1) is 12.7 Å². The average molecular weight is 550 g/mol. The second kappa shape index (κ2) is 10.6. The summed E-state index contributed by atoms with van der Waals surface area (Å²) in [6, 6.07) is 15.2. The number of aromatic nitrogens is 2. The molecule has 1 aliphatic rings. The Bertz CT molecular complexity index is 1610. The summed E-state index contributed by atoms with van der Waals surface area (Å²) in [6.45, 7) is 6.72. The smallest absolute Gasteiger partial charge is 0.356 e. The third-order valence-electron chi connectivity index (χ3n) is 7.21. The van der Waals surface area contributed by atoms with Gasteiger partial charge in [0, 0.05) is 50.3 Å². The number of anilines is 3. The van der Waals surface area contributed by atoms with E-state index in [1.54, 1.807) is 29.8 Å². The van der Waals surface area contributed by atoms with E-state index in [9.17, 15) is 19.1 Å². The van der Waals surface area contributed by atoms with Crippen LogP contribution in [0.4, 0.5) is 21.6 Å². The second-order valence-electron chi connectivity index (χ2n) is 9.83. The molecule has 0 radical (unpaired) electrons. The Morgan fingerprint density at radius 2 is 1.69 bits per heavy atom. The van der Waals surface area contributed by atoms with E-state index in [4.69, 9.17) is 11.6 Å². The Hall–Kier alpha value is -4.11. The van der Waals surface area contributed by atoms with Crippen LogP contribution >= 0.6 is 11.6 Å². The van der Waals surface area contributed by atoms with E-state index in [2.05, 4.69) is 20.1 Å². The van der Waals surface area contributed by atoms with Crippen molar-refractivity contribution in [1.82, 2.24) is 9.55 Å². The maximum atomic E-state index is 13.5. The van der Waals surface area contributed by atoms with Crippen LogP contribution in [-0.4, -0.2) is 46.8 Å². The SMILES string of the molecule is Cc1cc([C@@H](C)Nc2ccc(Cl)nc2C(=O)O)c2cc(N3CCN(c4ccc(F)cc4)CC3)n(C)c(=O)c2c1. The maximum Gasteiger partial charge on any atom is 0.356 e. The lowest BCUT2D eigenvalue weighted by atomic mass is 9.97. The van der Waals surface area contributed by atoms with Crippen LogP contribution in [0.15, 0.2) is 59.4 Å². The van der Waals surface area contributed by atoms with Crippen LogP contribution in [0.1, 0.15) is 34.6 Å². The highest BCUT2D eigenvalue weighted by molar-refractivity contribution is 6.29. The van der Waals surface area contributed by atoms with Gasteiger partial charge in [-0.1, -0.05) is 17.7 Å². The summed E-state index contributed by atoms with van der Waals surface area (Å²) in [5, 5.41) is 14.4. The molecule has 0 aliphatic carbocycles. The van der Waals surface area contributed by atoms with Gasteiger partial charge in [-0.25, -0.2) is 14.2 Å². The number of aromatic carboxylic acids is 1. The van der Waals surface area contributed by atoms with E-state index < -0.39 is 5.97 Å². The van der Waals surface area contributed by atoms with Crippen LogP contribution in [0.25, 0.3) is 10.8 Å². The fourth-order valence-electron chi connectivity index (χ4n) is 5.21. The molecule has 0 saturated carbocycles. The van der Waals surface area contributed by atoms with Crippen molar-refractivity contribution in [2.24, 2.45) is 7.05 Å². The summed E-state index contributed by atoms with van der Waals surface area (Å²) in [5.74, 6) is -0.634. The third kappa shape index (κ3) is 5.27. The van der Waals surface area contributed by atoms with Gasteiger partial charge in [0.15, 0.2) is 5.69 Å². The molecule has 3 heterocycles. The average Bonchev–Trinajstić information content (AvgIpc) is 2.92.